The Bertz CT molecular complexity index is 1230. The minimum atomic E-state index is -0.760. The zero-order valence-corrected chi connectivity index (χ0v) is 21.6. The molecule has 0 atom stereocenters. The summed E-state index contributed by atoms with van der Waals surface area (Å²) in [5, 5.41) is 1.97. The van der Waals surface area contributed by atoms with Crippen LogP contribution in [0.5, 0.6) is 0 Å². The van der Waals surface area contributed by atoms with Crippen LogP contribution in [-0.4, -0.2) is 70.0 Å². The number of ether oxygens (including phenoxy) is 3. The van der Waals surface area contributed by atoms with Gasteiger partial charge in [-0.05, 0) is 52.0 Å². The van der Waals surface area contributed by atoms with Crippen molar-refractivity contribution in [2.75, 3.05) is 32.9 Å². The number of nitrogens with zero attached hydrogens (tertiary/aromatic N) is 4. The minimum Gasteiger partial charge on any atom is -0.461 e. The average Bonchev–Trinajstić information content (AvgIpc) is 3.44. The van der Waals surface area contributed by atoms with Gasteiger partial charge in [0.15, 0.2) is 5.69 Å². The first-order valence-electron chi connectivity index (χ1n) is 11.7. The molecule has 3 aromatic rings. The maximum atomic E-state index is 13.7. The number of hydrogen-bond donors (Lipinski definition) is 0. The Labute approximate surface area is 212 Å². The number of hydrogen-bond acceptors (Lipinski definition) is 9. The first kappa shape index (κ1) is 25.9. The number of carbonyl (C=O) groups excluding carboxylic acids is 2. The van der Waals surface area contributed by atoms with E-state index in [-0.39, 0.29) is 18.1 Å². The third kappa shape index (κ3) is 5.97. The minimum absolute atomic E-state index is 0.133. The number of benzene rings is 1. The van der Waals surface area contributed by atoms with Gasteiger partial charge in [-0.2, -0.15) is 0 Å². The molecule has 0 saturated carbocycles. The molecule has 1 aliphatic heterocycles. The predicted molar refractivity (Wildman–Crippen MR) is 132 cm³/mol. The van der Waals surface area contributed by atoms with Gasteiger partial charge in [0.25, 0.3) is 0 Å². The van der Waals surface area contributed by atoms with E-state index in [4.69, 9.17) is 19.2 Å². The molecule has 36 heavy (non-hydrogen) atoms. The van der Waals surface area contributed by atoms with Crippen LogP contribution in [0.15, 0.2) is 29.6 Å². The van der Waals surface area contributed by atoms with Gasteiger partial charge in [-0.25, -0.2) is 28.5 Å². The van der Waals surface area contributed by atoms with E-state index in [0.717, 1.165) is 0 Å². The van der Waals surface area contributed by atoms with Gasteiger partial charge in [-0.15, -0.1) is 11.3 Å². The summed E-state index contributed by atoms with van der Waals surface area (Å²) in [6, 6.07) is 5.86. The fourth-order valence-corrected chi connectivity index (χ4v) is 4.55. The molecule has 0 bridgehead atoms. The number of thiazole rings is 1. The Morgan fingerprint density at radius 2 is 1.83 bits per heavy atom. The molecule has 0 spiro atoms. The van der Waals surface area contributed by atoms with Crippen LogP contribution in [-0.2, 0) is 20.8 Å². The highest BCUT2D eigenvalue weighted by molar-refractivity contribution is 7.13. The van der Waals surface area contributed by atoms with Crippen molar-refractivity contribution in [1.29, 1.82) is 0 Å². The molecule has 1 aromatic carbocycles. The quantitative estimate of drug-likeness (QED) is 0.439. The number of halogens is 1. The van der Waals surface area contributed by atoms with Crippen molar-refractivity contribution >= 4 is 23.4 Å². The zero-order valence-electron chi connectivity index (χ0n) is 20.7. The molecule has 0 aliphatic carbocycles. The van der Waals surface area contributed by atoms with Crippen LogP contribution >= 0.6 is 11.3 Å². The lowest BCUT2D eigenvalue weighted by Gasteiger charge is -2.26. The second-order valence-corrected chi connectivity index (χ2v) is 10.1. The Morgan fingerprint density at radius 1 is 1.14 bits per heavy atom. The van der Waals surface area contributed by atoms with Gasteiger partial charge in [0, 0.05) is 24.0 Å². The molecule has 3 heterocycles. The van der Waals surface area contributed by atoms with Crippen molar-refractivity contribution in [2.24, 2.45) is 0 Å². The average molecular weight is 517 g/mol. The third-order valence-electron chi connectivity index (χ3n) is 5.30. The van der Waals surface area contributed by atoms with Crippen LogP contribution in [0.3, 0.4) is 0 Å². The molecule has 0 radical (unpaired) electrons. The van der Waals surface area contributed by atoms with Crippen molar-refractivity contribution < 1.29 is 28.2 Å². The highest BCUT2D eigenvalue weighted by Gasteiger charge is 2.31. The van der Waals surface area contributed by atoms with Crippen LogP contribution < -0.4 is 0 Å². The van der Waals surface area contributed by atoms with Crippen LogP contribution in [0.4, 0.5) is 9.18 Å². The van der Waals surface area contributed by atoms with Crippen LogP contribution in [0.1, 0.15) is 44.0 Å². The fraction of sp³-hybridized carbons (Fsp3) is 0.440. The molecule has 11 heteroatoms. The van der Waals surface area contributed by atoms with E-state index in [9.17, 15) is 14.0 Å². The molecule has 1 saturated heterocycles. The summed E-state index contributed by atoms with van der Waals surface area (Å²) in [5.41, 5.74) is 0.788. The molecule has 0 N–H and O–H groups in total. The molecule has 1 fully saturated rings. The number of esters is 1. The Kier molecular flexibility index (Phi) is 7.82. The van der Waals surface area contributed by atoms with Gasteiger partial charge in [-0.3, -0.25) is 4.90 Å². The first-order chi connectivity index (χ1) is 17.2. The molecular weight excluding hydrogens is 487 g/mol. The normalized spacial score (nSPS) is 14.6. The van der Waals surface area contributed by atoms with Gasteiger partial charge in [-0.1, -0.05) is 0 Å². The zero-order chi connectivity index (χ0) is 25.9. The van der Waals surface area contributed by atoms with Gasteiger partial charge in [0.2, 0.25) is 0 Å². The molecular formula is C25H29FN4O5S. The first-order valence-corrected chi connectivity index (χ1v) is 12.6. The highest BCUT2D eigenvalue weighted by Crippen LogP contribution is 2.36. The SMILES string of the molecule is CCOC(=O)c1csc(-c2c(-c3ccc(F)cc3)nc(CN3CCOCC3)n2C(=O)OC(C)(C)C)n1. The van der Waals surface area contributed by atoms with Gasteiger partial charge < -0.3 is 14.2 Å². The largest absolute Gasteiger partial charge is 0.461 e. The van der Waals surface area contributed by atoms with Crippen molar-refractivity contribution in [3.63, 3.8) is 0 Å². The van der Waals surface area contributed by atoms with E-state index in [2.05, 4.69) is 9.88 Å². The molecule has 192 valence electrons. The maximum absolute atomic E-state index is 13.7. The summed E-state index contributed by atoms with van der Waals surface area (Å²) in [5.74, 6) is -0.493. The van der Waals surface area contributed by atoms with Crippen molar-refractivity contribution in [1.82, 2.24) is 19.4 Å². The Hall–Kier alpha value is -3.15. The monoisotopic (exact) mass is 516 g/mol. The summed E-state index contributed by atoms with van der Waals surface area (Å²) < 4.78 is 31.4. The van der Waals surface area contributed by atoms with E-state index in [0.29, 0.717) is 60.6 Å². The number of morpholine rings is 1. The van der Waals surface area contributed by atoms with E-state index >= 15 is 0 Å². The summed E-state index contributed by atoms with van der Waals surface area (Å²) in [6.45, 7) is 10.2. The van der Waals surface area contributed by atoms with Crippen molar-refractivity contribution in [3.05, 3.63) is 47.0 Å². The Morgan fingerprint density at radius 3 is 2.47 bits per heavy atom. The standard InChI is InChI=1S/C25H29FN4O5S/c1-5-34-23(31)18-15-36-22(27-18)21-20(16-6-8-17(26)9-7-16)28-19(14-29-10-12-33-13-11-29)30(21)24(32)35-25(2,3)4/h6-9,15H,5,10-14H2,1-4H3. The van der Waals surface area contributed by atoms with Gasteiger partial charge in [0.05, 0.1) is 32.1 Å². The second kappa shape index (κ2) is 10.9. The molecule has 2 aromatic heterocycles. The molecule has 1 aliphatic rings. The lowest BCUT2D eigenvalue weighted by Crippen LogP contribution is -2.37. The third-order valence-corrected chi connectivity index (χ3v) is 6.15. The van der Waals surface area contributed by atoms with Gasteiger partial charge in [0.1, 0.15) is 27.9 Å². The predicted octanol–water partition coefficient (Wildman–Crippen LogP) is 4.60. The second-order valence-electron chi connectivity index (χ2n) is 9.19. The number of carbonyl (C=O) groups is 2. The topological polar surface area (TPSA) is 95.8 Å². The molecule has 0 amide bonds. The van der Waals surface area contributed by atoms with E-state index in [1.54, 1.807) is 45.2 Å². The van der Waals surface area contributed by atoms with Gasteiger partial charge >= 0.3 is 12.1 Å². The smallest absolute Gasteiger partial charge is 0.420 e. The maximum Gasteiger partial charge on any atom is 0.420 e. The summed E-state index contributed by atoms with van der Waals surface area (Å²) >= 11 is 1.19. The highest BCUT2D eigenvalue weighted by atomic mass is 32.1. The van der Waals surface area contributed by atoms with Crippen molar-refractivity contribution in [2.45, 2.75) is 39.8 Å². The summed E-state index contributed by atoms with van der Waals surface area (Å²) in [7, 11) is 0. The Balaban J connectivity index is 1.89. The number of aromatic nitrogens is 3. The van der Waals surface area contributed by atoms with Crippen LogP contribution in [0.25, 0.3) is 22.0 Å². The molecule has 9 nitrogen and oxygen atoms in total. The number of imidazole rings is 1. The van der Waals surface area contributed by atoms with E-state index < -0.39 is 17.7 Å². The van der Waals surface area contributed by atoms with E-state index in [1.165, 1.54) is 28.0 Å². The molecule has 4 rings (SSSR count). The van der Waals surface area contributed by atoms with Crippen LogP contribution in [0.2, 0.25) is 0 Å². The molecule has 0 unspecified atom stereocenters. The number of rotatable bonds is 6. The lowest BCUT2D eigenvalue weighted by atomic mass is 10.1. The fourth-order valence-electron chi connectivity index (χ4n) is 3.72. The summed E-state index contributed by atoms with van der Waals surface area (Å²) in [4.78, 5) is 37.3. The van der Waals surface area contributed by atoms with Crippen LogP contribution in [0, 0.1) is 5.82 Å². The van der Waals surface area contributed by atoms with E-state index in [1.807, 2.05) is 0 Å². The lowest BCUT2D eigenvalue weighted by molar-refractivity contribution is 0.0313. The van der Waals surface area contributed by atoms with Crippen molar-refractivity contribution in [3.8, 4) is 22.0 Å². The summed E-state index contributed by atoms with van der Waals surface area (Å²) in [6.07, 6.45) is -0.616.